The molecule has 0 saturated carbocycles. The van der Waals surface area contributed by atoms with Crippen molar-refractivity contribution in [2.24, 2.45) is 0 Å². The number of nitrogens with one attached hydrogen (secondary N) is 1. The summed E-state index contributed by atoms with van der Waals surface area (Å²) in [6, 6.07) is 22.4. The summed E-state index contributed by atoms with van der Waals surface area (Å²) < 4.78 is 7.10. The van der Waals surface area contributed by atoms with Gasteiger partial charge < -0.3 is 9.73 Å². The summed E-state index contributed by atoms with van der Waals surface area (Å²) in [4.78, 5) is 13.9. The molecule has 4 rings (SSSR count). The van der Waals surface area contributed by atoms with E-state index >= 15 is 0 Å². The number of carbonyl (C=O) groups excluding carboxylic acids is 1. The van der Waals surface area contributed by atoms with Gasteiger partial charge in [0.15, 0.2) is 5.58 Å². The Morgan fingerprint density at radius 3 is 2.46 bits per heavy atom. The summed E-state index contributed by atoms with van der Waals surface area (Å²) in [5, 5.41) is 3.14. The molecule has 0 fully saturated rings. The molecule has 0 unspecified atom stereocenters. The van der Waals surface area contributed by atoms with E-state index in [4.69, 9.17) is 4.42 Å². The second kappa shape index (κ2) is 8.03. The highest BCUT2D eigenvalue weighted by atomic mass is 32.1. The summed E-state index contributed by atoms with van der Waals surface area (Å²) in [7, 11) is 0. The van der Waals surface area contributed by atoms with Crippen LogP contribution in [0, 0.1) is 6.92 Å². The standard InChI is InChI=1S/C24H23NO2S/c1-16(13-14-18-9-5-3-6-10-18)25-24(26)22-17(2)28-21-15-20(27-23(21)22)19-11-7-4-8-12-19/h3-12,15-16H,13-14H2,1-2H3,(H,25,26)/t16-/m1/s1. The number of aryl methyl sites for hydroxylation is 2. The minimum absolute atomic E-state index is 0.0572. The summed E-state index contributed by atoms with van der Waals surface area (Å²) in [6.45, 7) is 4.03. The predicted octanol–water partition coefficient (Wildman–Crippen LogP) is 6.22. The van der Waals surface area contributed by atoms with Crippen LogP contribution in [0.3, 0.4) is 0 Å². The van der Waals surface area contributed by atoms with Crippen LogP contribution >= 0.6 is 11.3 Å². The molecule has 142 valence electrons. The van der Waals surface area contributed by atoms with Gasteiger partial charge in [-0.05, 0) is 32.3 Å². The third-order valence-electron chi connectivity index (χ3n) is 4.91. The number of hydrogen-bond donors (Lipinski definition) is 1. The van der Waals surface area contributed by atoms with Gasteiger partial charge in [0.25, 0.3) is 5.91 Å². The maximum atomic E-state index is 12.9. The average Bonchev–Trinajstić information content (AvgIpc) is 3.24. The fourth-order valence-electron chi connectivity index (χ4n) is 3.40. The van der Waals surface area contributed by atoms with E-state index in [1.165, 1.54) is 5.56 Å². The van der Waals surface area contributed by atoms with Crippen LogP contribution in [0.15, 0.2) is 71.1 Å². The van der Waals surface area contributed by atoms with Crippen molar-refractivity contribution < 1.29 is 9.21 Å². The second-order valence-corrected chi connectivity index (χ2v) is 8.36. The van der Waals surface area contributed by atoms with Crippen molar-refractivity contribution in [3.63, 3.8) is 0 Å². The van der Waals surface area contributed by atoms with Gasteiger partial charge >= 0.3 is 0 Å². The van der Waals surface area contributed by atoms with E-state index in [0.717, 1.165) is 33.7 Å². The zero-order chi connectivity index (χ0) is 19.5. The first-order chi connectivity index (χ1) is 13.6. The van der Waals surface area contributed by atoms with Crippen molar-refractivity contribution >= 4 is 27.5 Å². The minimum Gasteiger partial charge on any atom is -0.454 e. The SMILES string of the molecule is Cc1sc2cc(-c3ccccc3)oc2c1C(=O)N[C@H](C)CCc1ccccc1. The van der Waals surface area contributed by atoms with E-state index in [1.807, 2.05) is 61.5 Å². The maximum absolute atomic E-state index is 12.9. The Morgan fingerprint density at radius 1 is 1.07 bits per heavy atom. The molecular formula is C24H23NO2S. The van der Waals surface area contributed by atoms with Gasteiger partial charge in [-0.2, -0.15) is 0 Å². The Bertz CT molecular complexity index is 1080. The van der Waals surface area contributed by atoms with Crippen molar-refractivity contribution in [3.8, 4) is 11.3 Å². The maximum Gasteiger partial charge on any atom is 0.256 e. The molecule has 1 atom stereocenters. The molecule has 1 amide bonds. The van der Waals surface area contributed by atoms with Crippen molar-refractivity contribution in [2.75, 3.05) is 0 Å². The van der Waals surface area contributed by atoms with Gasteiger partial charge in [-0.1, -0.05) is 60.7 Å². The number of carbonyl (C=O) groups is 1. The Kier molecular flexibility index (Phi) is 5.31. The highest BCUT2D eigenvalue weighted by Gasteiger charge is 2.22. The lowest BCUT2D eigenvalue weighted by Gasteiger charge is -2.14. The number of hydrogen-bond acceptors (Lipinski definition) is 3. The highest BCUT2D eigenvalue weighted by Crippen LogP contribution is 2.37. The summed E-state index contributed by atoms with van der Waals surface area (Å²) in [6.07, 6.45) is 1.84. The quantitative estimate of drug-likeness (QED) is 0.425. The third-order valence-corrected chi connectivity index (χ3v) is 5.95. The van der Waals surface area contributed by atoms with Gasteiger partial charge in [-0.25, -0.2) is 0 Å². The molecule has 0 radical (unpaired) electrons. The Hall–Kier alpha value is -2.85. The Labute approximate surface area is 169 Å². The van der Waals surface area contributed by atoms with E-state index in [2.05, 4.69) is 24.4 Å². The number of thiophene rings is 1. The molecule has 1 N–H and O–H groups in total. The molecule has 3 nitrogen and oxygen atoms in total. The third kappa shape index (κ3) is 3.87. The molecule has 0 aliphatic carbocycles. The summed E-state index contributed by atoms with van der Waals surface area (Å²) in [5.74, 6) is 0.742. The lowest BCUT2D eigenvalue weighted by molar-refractivity contribution is 0.0939. The predicted molar refractivity (Wildman–Crippen MR) is 116 cm³/mol. The largest absolute Gasteiger partial charge is 0.454 e. The van der Waals surface area contributed by atoms with E-state index in [0.29, 0.717) is 11.1 Å². The fraction of sp³-hybridized carbons (Fsp3) is 0.208. The van der Waals surface area contributed by atoms with E-state index in [9.17, 15) is 4.79 Å². The number of benzene rings is 2. The van der Waals surface area contributed by atoms with Gasteiger partial charge in [0.05, 0.1) is 10.3 Å². The fourth-order valence-corrected chi connectivity index (χ4v) is 4.42. The van der Waals surface area contributed by atoms with Crippen molar-refractivity contribution in [1.82, 2.24) is 5.32 Å². The topological polar surface area (TPSA) is 42.2 Å². The Morgan fingerprint density at radius 2 is 1.75 bits per heavy atom. The zero-order valence-electron chi connectivity index (χ0n) is 16.1. The number of furan rings is 1. The first-order valence-corrected chi connectivity index (χ1v) is 10.4. The van der Waals surface area contributed by atoms with Crippen molar-refractivity contribution in [2.45, 2.75) is 32.7 Å². The van der Waals surface area contributed by atoms with E-state index < -0.39 is 0 Å². The van der Waals surface area contributed by atoms with Crippen LogP contribution in [-0.2, 0) is 6.42 Å². The van der Waals surface area contributed by atoms with Crippen LogP contribution in [-0.4, -0.2) is 11.9 Å². The van der Waals surface area contributed by atoms with Crippen LogP contribution in [0.2, 0.25) is 0 Å². The van der Waals surface area contributed by atoms with Crippen LogP contribution in [0.1, 0.15) is 34.1 Å². The molecule has 2 heterocycles. The van der Waals surface area contributed by atoms with E-state index in [-0.39, 0.29) is 11.9 Å². The van der Waals surface area contributed by atoms with Gasteiger partial charge in [0.2, 0.25) is 0 Å². The van der Waals surface area contributed by atoms with E-state index in [1.54, 1.807) is 11.3 Å². The molecule has 4 heteroatoms. The molecule has 0 bridgehead atoms. The van der Waals surface area contributed by atoms with Crippen molar-refractivity contribution in [1.29, 1.82) is 0 Å². The summed E-state index contributed by atoms with van der Waals surface area (Å²) in [5.41, 5.74) is 3.66. The monoisotopic (exact) mass is 389 g/mol. The smallest absolute Gasteiger partial charge is 0.256 e. The Balaban J connectivity index is 1.50. The highest BCUT2D eigenvalue weighted by molar-refractivity contribution is 7.19. The molecule has 2 aromatic carbocycles. The van der Waals surface area contributed by atoms with Gasteiger partial charge in [0.1, 0.15) is 5.76 Å². The molecular weight excluding hydrogens is 366 g/mol. The lowest BCUT2D eigenvalue weighted by atomic mass is 10.1. The van der Waals surface area contributed by atoms with Gasteiger partial charge in [-0.3, -0.25) is 4.79 Å². The molecule has 0 saturated heterocycles. The number of rotatable bonds is 6. The average molecular weight is 390 g/mol. The first-order valence-electron chi connectivity index (χ1n) is 9.55. The van der Waals surface area contributed by atoms with Crippen LogP contribution in [0.5, 0.6) is 0 Å². The normalized spacial score (nSPS) is 12.2. The second-order valence-electron chi connectivity index (χ2n) is 7.10. The molecule has 0 spiro atoms. The zero-order valence-corrected chi connectivity index (χ0v) is 16.9. The molecule has 0 aliphatic heterocycles. The van der Waals surface area contributed by atoms with Gasteiger partial charge in [-0.15, -0.1) is 11.3 Å². The summed E-state index contributed by atoms with van der Waals surface area (Å²) >= 11 is 1.61. The molecule has 4 aromatic rings. The van der Waals surface area contributed by atoms with Crippen molar-refractivity contribution in [3.05, 3.63) is 82.7 Å². The molecule has 2 aromatic heterocycles. The van der Waals surface area contributed by atoms with Crippen LogP contribution in [0.4, 0.5) is 0 Å². The van der Waals surface area contributed by atoms with Gasteiger partial charge in [0, 0.05) is 22.5 Å². The van der Waals surface area contributed by atoms with Crippen LogP contribution in [0.25, 0.3) is 21.6 Å². The molecule has 0 aliphatic rings. The first kappa shape index (κ1) is 18.5. The number of amides is 1. The van der Waals surface area contributed by atoms with Crippen LogP contribution < -0.4 is 5.32 Å². The number of fused-ring (bicyclic) bond motifs is 1. The minimum atomic E-state index is -0.0572. The molecule has 28 heavy (non-hydrogen) atoms. The lowest BCUT2D eigenvalue weighted by Crippen LogP contribution is -2.33.